The first-order valence-corrected chi connectivity index (χ1v) is 8.11. The molecule has 3 aromatic rings. The Bertz CT molecular complexity index is 849. The van der Waals surface area contributed by atoms with E-state index in [4.69, 9.17) is 4.52 Å². The lowest BCUT2D eigenvalue weighted by molar-refractivity contribution is 0.0782. The van der Waals surface area contributed by atoms with Crippen molar-refractivity contribution in [3.63, 3.8) is 0 Å². The lowest BCUT2D eigenvalue weighted by atomic mass is 9.88. The maximum absolute atomic E-state index is 12.8. The lowest BCUT2D eigenvalue weighted by Crippen LogP contribution is -2.29. The molecule has 0 spiro atoms. The maximum Gasteiger partial charge on any atom is 0.274 e. The SMILES string of the molecule is Cc1cnc(C(=O)N2CC(c3ccccc3)C(c3ncon3)C2)cn1. The Balaban J connectivity index is 1.63. The molecule has 1 saturated heterocycles. The van der Waals surface area contributed by atoms with E-state index in [9.17, 15) is 4.79 Å². The Kier molecular flexibility index (Phi) is 3.97. The van der Waals surface area contributed by atoms with Crippen molar-refractivity contribution >= 4 is 5.91 Å². The third-order valence-corrected chi connectivity index (χ3v) is 4.54. The number of hydrogen-bond acceptors (Lipinski definition) is 6. The van der Waals surface area contributed by atoms with E-state index in [1.165, 1.54) is 12.6 Å². The van der Waals surface area contributed by atoms with E-state index in [0.29, 0.717) is 24.6 Å². The van der Waals surface area contributed by atoms with Gasteiger partial charge in [0, 0.05) is 31.1 Å². The van der Waals surface area contributed by atoms with Crippen molar-refractivity contribution in [1.82, 2.24) is 25.0 Å². The lowest BCUT2D eigenvalue weighted by Gasteiger charge is -2.16. The molecule has 1 aliphatic rings. The summed E-state index contributed by atoms with van der Waals surface area (Å²) in [7, 11) is 0. The first-order valence-electron chi connectivity index (χ1n) is 8.11. The van der Waals surface area contributed by atoms with Gasteiger partial charge in [-0.05, 0) is 12.5 Å². The topological polar surface area (TPSA) is 85.0 Å². The van der Waals surface area contributed by atoms with Crippen LogP contribution in [0.2, 0.25) is 0 Å². The Morgan fingerprint density at radius 2 is 1.88 bits per heavy atom. The average Bonchev–Trinajstić information content (AvgIpc) is 3.32. The first-order chi connectivity index (χ1) is 12.2. The Morgan fingerprint density at radius 3 is 2.56 bits per heavy atom. The van der Waals surface area contributed by atoms with Crippen LogP contribution in [0.5, 0.6) is 0 Å². The number of benzene rings is 1. The number of aryl methyl sites for hydroxylation is 1. The van der Waals surface area contributed by atoms with E-state index < -0.39 is 0 Å². The third kappa shape index (κ3) is 3.00. The Hall–Kier alpha value is -3.09. The molecule has 0 radical (unpaired) electrons. The summed E-state index contributed by atoms with van der Waals surface area (Å²) in [5.74, 6) is 0.600. The van der Waals surface area contributed by atoms with E-state index >= 15 is 0 Å². The molecule has 0 aliphatic carbocycles. The summed E-state index contributed by atoms with van der Waals surface area (Å²) in [5.41, 5.74) is 2.29. The molecule has 1 fully saturated rings. The van der Waals surface area contributed by atoms with Gasteiger partial charge in [0.1, 0.15) is 5.69 Å². The minimum atomic E-state index is -0.126. The third-order valence-electron chi connectivity index (χ3n) is 4.54. The van der Waals surface area contributed by atoms with Gasteiger partial charge in [0.2, 0.25) is 6.39 Å². The van der Waals surface area contributed by atoms with Crippen LogP contribution in [-0.2, 0) is 0 Å². The number of rotatable bonds is 3. The minimum Gasteiger partial charge on any atom is -0.343 e. The molecule has 2 aromatic heterocycles. The van der Waals surface area contributed by atoms with Crippen LogP contribution >= 0.6 is 0 Å². The number of aromatic nitrogens is 4. The standard InChI is InChI=1S/C18H17N5O2/c1-12-7-20-16(8-19-12)18(24)23-9-14(13-5-3-2-4-6-13)15(10-23)17-21-11-25-22-17/h2-8,11,14-15H,9-10H2,1H3. The fourth-order valence-corrected chi connectivity index (χ4v) is 3.28. The molecule has 4 rings (SSSR count). The summed E-state index contributed by atoms with van der Waals surface area (Å²) < 4.78 is 4.92. The Morgan fingerprint density at radius 1 is 1.08 bits per heavy atom. The quantitative estimate of drug-likeness (QED) is 0.729. The summed E-state index contributed by atoms with van der Waals surface area (Å²) in [6.45, 7) is 2.94. The first kappa shape index (κ1) is 15.4. The van der Waals surface area contributed by atoms with E-state index in [1.807, 2.05) is 25.1 Å². The number of hydrogen-bond donors (Lipinski definition) is 0. The molecule has 1 aromatic carbocycles. The zero-order valence-corrected chi connectivity index (χ0v) is 13.7. The second kappa shape index (κ2) is 6.43. The molecule has 25 heavy (non-hydrogen) atoms. The average molecular weight is 335 g/mol. The number of amides is 1. The van der Waals surface area contributed by atoms with Crippen molar-refractivity contribution in [2.75, 3.05) is 13.1 Å². The molecule has 1 amide bonds. The predicted molar refractivity (Wildman–Crippen MR) is 88.9 cm³/mol. The molecule has 126 valence electrons. The molecular weight excluding hydrogens is 318 g/mol. The van der Waals surface area contributed by atoms with Gasteiger partial charge in [-0.2, -0.15) is 4.98 Å². The summed E-state index contributed by atoms with van der Waals surface area (Å²) in [5, 5.41) is 4.00. The normalized spacial score (nSPS) is 20.0. The van der Waals surface area contributed by atoms with E-state index in [-0.39, 0.29) is 17.7 Å². The second-order valence-corrected chi connectivity index (χ2v) is 6.17. The van der Waals surface area contributed by atoms with Crippen LogP contribution in [0.1, 0.15) is 39.4 Å². The van der Waals surface area contributed by atoms with E-state index in [2.05, 4.69) is 32.2 Å². The zero-order chi connectivity index (χ0) is 17.2. The molecule has 7 heteroatoms. The number of nitrogens with zero attached hydrogens (tertiary/aromatic N) is 5. The van der Waals surface area contributed by atoms with Gasteiger partial charge >= 0.3 is 0 Å². The van der Waals surface area contributed by atoms with Crippen molar-refractivity contribution in [2.24, 2.45) is 0 Å². The molecule has 0 N–H and O–H groups in total. The van der Waals surface area contributed by atoms with Crippen molar-refractivity contribution in [3.8, 4) is 0 Å². The van der Waals surface area contributed by atoms with Gasteiger partial charge in [-0.15, -0.1) is 0 Å². The number of carbonyl (C=O) groups is 1. The highest BCUT2D eigenvalue weighted by molar-refractivity contribution is 5.92. The van der Waals surface area contributed by atoms with Crippen LogP contribution in [0.25, 0.3) is 0 Å². The molecule has 3 heterocycles. The van der Waals surface area contributed by atoms with Crippen molar-refractivity contribution in [3.05, 3.63) is 71.9 Å². The fraction of sp³-hybridized carbons (Fsp3) is 0.278. The molecule has 0 saturated carbocycles. The molecule has 2 unspecified atom stereocenters. The molecule has 0 bridgehead atoms. The van der Waals surface area contributed by atoms with Crippen molar-refractivity contribution in [2.45, 2.75) is 18.8 Å². The molecule has 2 atom stereocenters. The highest BCUT2D eigenvalue weighted by Crippen LogP contribution is 2.38. The van der Waals surface area contributed by atoms with Crippen LogP contribution < -0.4 is 0 Å². The smallest absolute Gasteiger partial charge is 0.274 e. The van der Waals surface area contributed by atoms with Crippen LogP contribution in [0, 0.1) is 6.92 Å². The molecular formula is C18H17N5O2. The number of carbonyl (C=O) groups excluding carboxylic acids is 1. The molecule has 1 aliphatic heterocycles. The van der Waals surface area contributed by atoms with E-state index in [0.717, 1.165) is 11.3 Å². The molecule has 7 nitrogen and oxygen atoms in total. The highest BCUT2D eigenvalue weighted by atomic mass is 16.5. The van der Waals surface area contributed by atoms with Crippen molar-refractivity contribution < 1.29 is 9.32 Å². The van der Waals surface area contributed by atoms with Gasteiger partial charge < -0.3 is 9.42 Å². The van der Waals surface area contributed by atoms with Crippen LogP contribution in [0.4, 0.5) is 0 Å². The maximum atomic E-state index is 12.8. The van der Waals surface area contributed by atoms with Gasteiger partial charge in [-0.3, -0.25) is 9.78 Å². The van der Waals surface area contributed by atoms with E-state index in [1.54, 1.807) is 11.1 Å². The van der Waals surface area contributed by atoms with Gasteiger partial charge in [-0.25, -0.2) is 4.98 Å². The van der Waals surface area contributed by atoms with Crippen LogP contribution in [0.15, 0.2) is 53.6 Å². The second-order valence-electron chi connectivity index (χ2n) is 6.17. The summed E-state index contributed by atoms with van der Waals surface area (Å²) in [6, 6.07) is 10.1. The van der Waals surface area contributed by atoms with Crippen molar-refractivity contribution in [1.29, 1.82) is 0 Å². The van der Waals surface area contributed by atoms with Gasteiger partial charge in [-0.1, -0.05) is 35.5 Å². The summed E-state index contributed by atoms with van der Waals surface area (Å²) >= 11 is 0. The van der Waals surface area contributed by atoms with Gasteiger partial charge in [0.15, 0.2) is 5.82 Å². The highest BCUT2D eigenvalue weighted by Gasteiger charge is 2.39. The summed E-state index contributed by atoms with van der Waals surface area (Å²) in [4.78, 5) is 27.2. The number of likely N-dealkylation sites (tertiary alicyclic amines) is 1. The monoisotopic (exact) mass is 335 g/mol. The van der Waals surface area contributed by atoms with Gasteiger partial charge in [0.25, 0.3) is 5.91 Å². The fourth-order valence-electron chi connectivity index (χ4n) is 3.28. The van der Waals surface area contributed by atoms with Gasteiger partial charge in [0.05, 0.1) is 11.9 Å². The van der Waals surface area contributed by atoms with Crippen LogP contribution in [-0.4, -0.2) is 44.0 Å². The summed E-state index contributed by atoms with van der Waals surface area (Å²) in [6.07, 6.45) is 4.46. The minimum absolute atomic E-state index is 0.0106. The largest absolute Gasteiger partial charge is 0.343 e. The zero-order valence-electron chi connectivity index (χ0n) is 13.7. The van der Waals surface area contributed by atoms with Crippen LogP contribution in [0.3, 0.4) is 0 Å². The Labute approximate surface area is 144 Å². The predicted octanol–water partition coefficient (Wildman–Crippen LogP) is 2.19.